The highest BCUT2D eigenvalue weighted by molar-refractivity contribution is 5.61. The molecule has 2 N–H and O–H groups in total. The number of para-hydroxylation sites is 1. The molecule has 0 spiro atoms. The van der Waals surface area contributed by atoms with Gasteiger partial charge in [0.25, 0.3) is 0 Å². The Morgan fingerprint density at radius 3 is 2.84 bits per heavy atom. The molecule has 1 aromatic rings. The quantitative estimate of drug-likeness (QED) is 0.849. The van der Waals surface area contributed by atoms with E-state index >= 15 is 0 Å². The maximum absolute atomic E-state index is 3.67. The fourth-order valence-corrected chi connectivity index (χ4v) is 3.36. The van der Waals surface area contributed by atoms with Crippen molar-refractivity contribution < 1.29 is 0 Å². The molecule has 2 aliphatic rings. The lowest BCUT2D eigenvalue weighted by Crippen LogP contribution is -2.56. The Morgan fingerprint density at radius 1 is 1.32 bits per heavy atom. The Kier molecular flexibility index (Phi) is 3.50. The highest BCUT2D eigenvalue weighted by Crippen LogP contribution is 2.35. The monoisotopic (exact) mass is 259 g/mol. The van der Waals surface area contributed by atoms with E-state index < -0.39 is 0 Å². The molecule has 3 heteroatoms. The SMILES string of the molecule is CN(C)C1(CNCc2cccc3c2NCC3)CCC1. The standard InChI is InChI=1S/C16H25N3/c1-19(2)16(8-4-9-16)12-17-11-14-6-3-5-13-7-10-18-15(13)14/h3,5-6,17-18H,4,7-12H2,1-2H3. The Bertz CT molecular complexity index is 449. The minimum atomic E-state index is 0.408. The summed E-state index contributed by atoms with van der Waals surface area (Å²) in [5.74, 6) is 0. The fourth-order valence-electron chi connectivity index (χ4n) is 3.36. The van der Waals surface area contributed by atoms with Crippen LogP contribution in [0.15, 0.2) is 18.2 Å². The molecule has 0 unspecified atom stereocenters. The first-order valence-electron chi connectivity index (χ1n) is 7.44. The summed E-state index contributed by atoms with van der Waals surface area (Å²) in [5.41, 5.74) is 4.68. The summed E-state index contributed by atoms with van der Waals surface area (Å²) in [6, 6.07) is 6.67. The molecule has 1 aliphatic heterocycles. The molecule has 0 aromatic heterocycles. The number of hydrogen-bond donors (Lipinski definition) is 2. The van der Waals surface area contributed by atoms with Crippen LogP contribution < -0.4 is 10.6 Å². The van der Waals surface area contributed by atoms with Gasteiger partial charge >= 0.3 is 0 Å². The van der Waals surface area contributed by atoms with Crippen molar-refractivity contribution in [2.24, 2.45) is 0 Å². The number of likely N-dealkylation sites (N-methyl/N-ethyl adjacent to an activating group) is 1. The maximum Gasteiger partial charge on any atom is 0.0419 e. The van der Waals surface area contributed by atoms with Crippen molar-refractivity contribution in [1.82, 2.24) is 10.2 Å². The lowest BCUT2D eigenvalue weighted by Gasteiger charge is -2.47. The molecule has 0 atom stereocenters. The smallest absolute Gasteiger partial charge is 0.0419 e. The second-order valence-corrected chi connectivity index (χ2v) is 6.20. The van der Waals surface area contributed by atoms with Crippen molar-refractivity contribution in [1.29, 1.82) is 0 Å². The third kappa shape index (κ3) is 2.37. The summed E-state index contributed by atoms with van der Waals surface area (Å²) in [6.45, 7) is 3.17. The topological polar surface area (TPSA) is 27.3 Å². The van der Waals surface area contributed by atoms with Crippen LogP contribution in [0.2, 0.25) is 0 Å². The van der Waals surface area contributed by atoms with Gasteiger partial charge in [0.15, 0.2) is 0 Å². The van der Waals surface area contributed by atoms with Gasteiger partial charge < -0.3 is 15.5 Å². The predicted octanol–water partition coefficient (Wildman–Crippen LogP) is 2.23. The zero-order valence-electron chi connectivity index (χ0n) is 12.1. The third-order valence-electron chi connectivity index (χ3n) is 4.94. The molecule has 0 amide bonds. The summed E-state index contributed by atoms with van der Waals surface area (Å²) in [5, 5.41) is 7.19. The molecule has 1 aromatic carbocycles. The number of anilines is 1. The summed E-state index contributed by atoms with van der Waals surface area (Å²) >= 11 is 0. The molecule has 0 radical (unpaired) electrons. The molecule has 1 saturated carbocycles. The van der Waals surface area contributed by atoms with Gasteiger partial charge in [-0.05, 0) is 50.9 Å². The van der Waals surface area contributed by atoms with Gasteiger partial charge in [0, 0.05) is 30.9 Å². The minimum absolute atomic E-state index is 0.408. The van der Waals surface area contributed by atoms with E-state index in [0.29, 0.717) is 5.54 Å². The van der Waals surface area contributed by atoms with Crippen LogP contribution in [-0.2, 0) is 13.0 Å². The van der Waals surface area contributed by atoms with Gasteiger partial charge in [0.1, 0.15) is 0 Å². The van der Waals surface area contributed by atoms with Gasteiger partial charge in [-0.3, -0.25) is 0 Å². The Balaban J connectivity index is 1.60. The molecular formula is C16H25N3. The van der Waals surface area contributed by atoms with Crippen LogP contribution in [-0.4, -0.2) is 37.6 Å². The van der Waals surface area contributed by atoms with Crippen molar-refractivity contribution in [3.63, 3.8) is 0 Å². The highest BCUT2D eigenvalue weighted by Gasteiger charge is 2.38. The average Bonchev–Trinajstić information content (AvgIpc) is 2.80. The van der Waals surface area contributed by atoms with Crippen molar-refractivity contribution in [2.45, 2.75) is 37.8 Å². The number of nitrogens with zero attached hydrogens (tertiary/aromatic N) is 1. The summed E-state index contributed by atoms with van der Waals surface area (Å²) in [7, 11) is 4.42. The fraction of sp³-hybridized carbons (Fsp3) is 0.625. The normalized spacial score (nSPS) is 19.9. The Hall–Kier alpha value is -1.06. The van der Waals surface area contributed by atoms with Crippen LogP contribution in [0.4, 0.5) is 5.69 Å². The molecule has 19 heavy (non-hydrogen) atoms. The van der Waals surface area contributed by atoms with E-state index in [-0.39, 0.29) is 0 Å². The largest absolute Gasteiger partial charge is 0.384 e. The number of fused-ring (bicyclic) bond motifs is 1. The first-order valence-corrected chi connectivity index (χ1v) is 7.44. The van der Waals surface area contributed by atoms with Gasteiger partial charge in [-0.15, -0.1) is 0 Å². The van der Waals surface area contributed by atoms with E-state index in [9.17, 15) is 0 Å². The van der Waals surface area contributed by atoms with Crippen LogP contribution in [0.3, 0.4) is 0 Å². The molecule has 104 valence electrons. The first kappa shape index (κ1) is 12.9. The van der Waals surface area contributed by atoms with Gasteiger partial charge in [-0.2, -0.15) is 0 Å². The van der Waals surface area contributed by atoms with Crippen molar-refractivity contribution >= 4 is 5.69 Å². The Morgan fingerprint density at radius 2 is 2.16 bits per heavy atom. The van der Waals surface area contributed by atoms with Crippen LogP contribution in [0.1, 0.15) is 30.4 Å². The van der Waals surface area contributed by atoms with Gasteiger partial charge in [-0.25, -0.2) is 0 Å². The van der Waals surface area contributed by atoms with Crippen LogP contribution in [0, 0.1) is 0 Å². The molecule has 1 fully saturated rings. The van der Waals surface area contributed by atoms with Crippen molar-refractivity contribution in [3.05, 3.63) is 29.3 Å². The lowest BCUT2D eigenvalue weighted by molar-refractivity contribution is 0.0598. The highest BCUT2D eigenvalue weighted by atomic mass is 15.2. The minimum Gasteiger partial charge on any atom is -0.384 e. The van der Waals surface area contributed by atoms with Crippen molar-refractivity contribution in [3.8, 4) is 0 Å². The zero-order chi connectivity index (χ0) is 13.3. The number of nitrogens with one attached hydrogen (secondary N) is 2. The maximum atomic E-state index is 3.67. The lowest BCUT2D eigenvalue weighted by atomic mass is 9.75. The van der Waals surface area contributed by atoms with E-state index in [1.807, 2.05) is 0 Å². The molecule has 0 saturated heterocycles. The number of rotatable bonds is 5. The van der Waals surface area contributed by atoms with Gasteiger partial charge in [-0.1, -0.05) is 18.2 Å². The number of benzene rings is 1. The molecule has 3 nitrogen and oxygen atoms in total. The average molecular weight is 259 g/mol. The number of hydrogen-bond acceptors (Lipinski definition) is 3. The predicted molar refractivity (Wildman–Crippen MR) is 80.6 cm³/mol. The molecular weight excluding hydrogens is 234 g/mol. The second kappa shape index (κ2) is 5.14. The second-order valence-electron chi connectivity index (χ2n) is 6.20. The van der Waals surface area contributed by atoms with E-state index in [1.54, 1.807) is 0 Å². The van der Waals surface area contributed by atoms with E-state index in [1.165, 1.54) is 42.5 Å². The zero-order valence-corrected chi connectivity index (χ0v) is 12.1. The Labute approximate surface area is 116 Å². The third-order valence-corrected chi connectivity index (χ3v) is 4.94. The van der Waals surface area contributed by atoms with Gasteiger partial charge in [0.2, 0.25) is 0 Å². The van der Waals surface area contributed by atoms with Crippen molar-refractivity contribution in [2.75, 3.05) is 32.5 Å². The van der Waals surface area contributed by atoms with Crippen LogP contribution >= 0.6 is 0 Å². The van der Waals surface area contributed by atoms with Crippen LogP contribution in [0.5, 0.6) is 0 Å². The van der Waals surface area contributed by atoms with Gasteiger partial charge in [0.05, 0.1) is 0 Å². The molecule has 1 heterocycles. The van der Waals surface area contributed by atoms with Crippen LogP contribution in [0.25, 0.3) is 0 Å². The summed E-state index contributed by atoms with van der Waals surface area (Å²) in [6.07, 6.45) is 5.21. The molecule has 3 rings (SSSR count). The van der Waals surface area contributed by atoms with E-state index in [4.69, 9.17) is 0 Å². The van der Waals surface area contributed by atoms with E-state index in [0.717, 1.165) is 19.6 Å². The molecule has 1 aliphatic carbocycles. The summed E-state index contributed by atoms with van der Waals surface area (Å²) in [4.78, 5) is 2.40. The molecule has 0 bridgehead atoms. The van der Waals surface area contributed by atoms with E-state index in [2.05, 4.69) is 47.8 Å². The summed E-state index contributed by atoms with van der Waals surface area (Å²) < 4.78 is 0. The first-order chi connectivity index (χ1) is 9.21.